The fourth-order valence-corrected chi connectivity index (χ4v) is 2.22. The van der Waals surface area contributed by atoms with Gasteiger partial charge in [0.2, 0.25) is 5.91 Å². The Balaban J connectivity index is 3.13. The van der Waals surface area contributed by atoms with Gasteiger partial charge in [-0.1, -0.05) is 33.6 Å². The van der Waals surface area contributed by atoms with Gasteiger partial charge in [-0.3, -0.25) is 19.7 Å². The van der Waals surface area contributed by atoms with Crippen LogP contribution in [0, 0.1) is 0 Å². The van der Waals surface area contributed by atoms with Gasteiger partial charge in [0.25, 0.3) is 11.6 Å². The highest BCUT2D eigenvalue weighted by atomic mass is 16.6. The molecule has 1 atom stereocenters. The van der Waals surface area contributed by atoms with Crippen LogP contribution in [0.25, 0.3) is 0 Å². The van der Waals surface area contributed by atoms with E-state index < -0.39 is 42.1 Å². The third-order valence-electron chi connectivity index (χ3n) is 3.78. The molecule has 0 aliphatic carbocycles. The molecular formula is C17H27N3O8. The minimum atomic E-state index is -2.39. The normalized spacial score (nSPS) is 18.2. The number of hydrogen-bond donors (Lipinski definition) is 2. The molecule has 1 saturated heterocycles. The van der Waals surface area contributed by atoms with Crippen molar-refractivity contribution in [1.29, 1.82) is 0 Å². The molecule has 1 rings (SSSR count). The Hall–Kier alpha value is -2.85. The molecule has 158 valence electrons. The SMILES string of the molecule is CCCCOC(=O)NN(C(=O)OCCCC)C1(OC(=O)CC)CC(=O)NC1=O. The molecule has 0 saturated carbocycles. The average Bonchev–Trinajstić information content (AvgIpc) is 2.93. The lowest BCUT2D eigenvalue weighted by Crippen LogP contribution is -2.65. The second-order valence-corrected chi connectivity index (χ2v) is 6.07. The second-order valence-electron chi connectivity index (χ2n) is 6.07. The van der Waals surface area contributed by atoms with E-state index in [1.165, 1.54) is 6.92 Å². The first-order valence-electron chi connectivity index (χ1n) is 9.27. The summed E-state index contributed by atoms with van der Waals surface area (Å²) in [6, 6.07) is 0. The Bertz CT molecular complexity index is 609. The van der Waals surface area contributed by atoms with E-state index in [1.807, 2.05) is 19.2 Å². The molecule has 0 spiro atoms. The Morgan fingerprint density at radius 3 is 2.18 bits per heavy atom. The van der Waals surface area contributed by atoms with E-state index in [4.69, 9.17) is 14.2 Å². The first kappa shape index (κ1) is 23.2. The Morgan fingerprint density at radius 2 is 1.68 bits per heavy atom. The zero-order chi connectivity index (χ0) is 21.2. The lowest BCUT2D eigenvalue weighted by molar-refractivity contribution is -0.189. The number of rotatable bonds is 9. The smallest absolute Gasteiger partial charge is 0.432 e. The van der Waals surface area contributed by atoms with Crippen molar-refractivity contribution in [3.63, 3.8) is 0 Å². The summed E-state index contributed by atoms with van der Waals surface area (Å²) < 4.78 is 15.1. The minimum Gasteiger partial charge on any atom is -0.448 e. The summed E-state index contributed by atoms with van der Waals surface area (Å²) in [5.74, 6) is -2.70. The number of unbranched alkanes of at least 4 members (excludes halogenated alkanes) is 2. The predicted molar refractivity (Wildman–Crippen MR) is 94.4 cm³/mol. The molecule has 28 heavy (non-hydrogen) atoms. The molecule has 0 radical (unpaired) electrons. The third kappa shape index (κ3) is 6.10. The van der Waals surface area contributed by atoms with E-state index in [1.54, 1.807) is 0 Å². The first-order chi connectivity index (χ1) is 13.3. The van der Waals surface area contributed by atoms with E-state index >= 15 is 0 Å². The lowest BCUT2D eigenvalue weighted by Gasteiger charge is -2.35. The number of carbonyl (C=O) groups excluding carboxylic acids is 5. The highest BCUT2D eigenvalue weighted by Crippen LogP contribution is 2.27. The summed E-state index contributed by atoms with van der Waals surface area (Å²) in [6.45, 7) is 5.33. The highest BCUT2D eigenvalue weighted by Gasteiger charge is 2.58. The molecule has 4 amide bonds. The third-order valence-corrected chi connectivity index (χ3v) is 3.78. The molecule has 0 aromatic rings. The van der Waals surface area contributed by atoms with Crippen LogP contribution in [0.3, 0.4) is 0 Å². The zero-order valence-corrected chi connectivity index (χ0v) is 16.4. The highest BCUT2D eigenvalue weighted by molar-refractivity contribution is 6.09. The number of amides is 4. The molecule has 0 aromatic carbocycles. The Kier molecular flexibility index (Phi) is 9.19. The van der Waals surface area contributed by atoms with Crippen molar-refractivity contribution >= 4 is 30.0 Å². The predicted octanol–water partition coefficient (Wildman–Crippen LogP) is 1.36. The number of nitrogens with zero attached hydrogens (tertiary/aromatic N) is 1. The van der Waals surface area contributed by atoms with Crippen LogP contribution in [-0.2, 0) is 28.6 Å². The Labute approximate surface area is 163 Å². The molecular weight excluding hydrogens is 374 g/mol. The van der Waals surface area contributed by atoms with E-state index in [-0.39, 0.29) is 19.6 Å². The average molecular weight is 401 g/mol. The van der Waals surface area contributed by atoms with Crippen LogP contribution in [0.1, 0.15) is 59.3 Å². The fourth-order valence-electron chi connectivity index (χ4n) is 2.22. The van der Waals surface area contributed by atoms with Crippen molar-refractivity contribution in [2.45, 2.75) is 65.0 Å². The van der Waals surface area contributed by atoms with Crippen LogP contribution in [0.15, 0.2) is 0 Å². The number of ether oxygens (including phenoxy) is 3. The minimum absolute atomic E-state index is 0.00572. The number of hydrogen-bond acceptors (Lipinski definition) is 8. The van der Waals surface area contributed by atoms with Gasteiger partial charge in [-0.25, -0.2) is 15.0 Å². The van der Waals surface area contributed by atoms with Gasteiger partial charge in [-0.05, 0) is 12.8 Å². The van der Waals surface area contributed by atoms with Crippen LogP contribution in [0.5, 0.6) is 0 Å². The van der Waals surface area contributed by atoms with Crippen molar-refractivity contribution < 1.29 is 38.2 Å². The van der Waals surface area contributed by atoms with Gasteiger partial charge in [-0.15, -0.1) is 0 Å². The molecule has 1 heterocycles. The summed E-state index contributed by atoms with van der Waals surface area (Å²) in [4.78, 5) is 60.7. The molecule has 1 fully saturated rings. The maximum absolute atomic E-state index is 12.5. The lowest BCUT2D eigenvalue weighted by atomic mass is 10.1. The molecule has 1 unspecified atom stereocenters. The van der Waals surface area contributed by atoms with Gasteiger partial charge in [0.1, 0.15) is 0 Å². The van der Waals surface area contributed by atoms with Gasteiger partial charge in [-0.2, -0.15) is 5.01 Å². The number of hydrazine groups is 1. The van der Waals surface area contributed by atoms with Gasteiger partial charge >= 0.3 is 18.2 Å². The van der Waals surface area contributed by atoms with E-state index in [2.05, 4.69) is 5.43 Å². The standard InChI is InChI=1S/C17H27N3O8/c1-4-7-9-26-15(24)19-20(16(25)27-10-8-5-2)17(28-13(22)6-3)11-12(21)18-14(17)23/h4-11H2,1-3H3,(H,19,24)(H,18,21,23). The van der Waals surface area contributed by atoms with Gasteiger partial charge < -0.3 is 14.2 Å². The van der Waals surface area contributed by atoms with E-state index in [9.17, 15) is 24.0 Å². The number of carbonyl (C=O) groups is 5. The zero-order valence-electron chi connectivity index (χ0n) is 16.4. The molecule has 11 heteroatoms. The van der Waals surface area contributed by atoms with E-state index in [0.29, 0.717) is 17.9 Å². The molecule has 2 N–H and O–H groups in total. The summed E-state index contributed by atoms with van der Waals surface area (Å²) in [7, 11) is 0. The van der Waals surface area contributed by atoms with Gasteiger partial charge in [0.15, 0.2) is 0 Å². The maximum Gasteiger partial charge on any atom is 0.432 e. The monoisotopic (exact) mass is 401 g/mol. The first-order valence-corrected chi connectivity index (χ1v) is 9.27. The summed E-state index contributed by atoms with van der Waals surface area (Å²) in [5, 5.41) is 2.38. The van der Waals surface area contributed by atoms with Crippen molar-refractivity contribution in [3.8, 4) is 0 Å². The summed E-state index contributed by atoms with van der Waals surface area (Å²) >= 11 is 0. The number of nitrogens with one attached hydrogen (secondary N) is 2. The van der Waals surface area contributed by atoms with Gasteiger partial charge in [0, 0.05) is 6.42 Å². The maximum atomic E-state index is 12.5. The molecule has 11 nitrogen and oxygen atoms in total. The largest absolute Gasteiger partial charge is 0.448 e. The van der Waals surface area contributed by atoms with Crippen LogP contribution in [0.4, 0.5) is 9.59 Å². The number of esters is 1. The quantitative estimate of drug-likeness (QED) is 0.147. The second kappa shape index (κ2) is 11.1. The van der Waals surface area contributed by atoms with Crippen LogP contribution < -0.4 is 10.7 Å². The summed E-state index contributed by atoms with van der Waals surface area (Å²) in [5.41, 5.74) is -0.318. The molecule has 0 bridgehead atoms. The topological polar surface area (TPSA) is 140 Å². The van der Waals surface area contributed by atoms with Crippen molar-refractivity contribution in [2.24, 2.45) is 0 Å². The van der Waals surface area contributed by atoms with E-state index in [0.717, 1.165) is 12.8 Å². The Morgan fingerprint density at radius 1 is 1.07 bits per heavy atom. The molecule has 1 aliphatic heterocycles. The van der Waals surface area contributed by atoms with Crippen molar-refractivity contribution in [2.75, 3.05) is 13.2 Å². The van der Waals surface area contributed by atoms with Crippen LogP contribution in [-0.4, -0.2) is 53.9 Å². The van der Waals surface area contributed by atoms with Crippen molar-refractivity contribution in [1.82, 2.24) is 15.8 Å². The molecule has 1 aliphatic rings. The van der Waals surface area contributed by atoms with Crippen LogP contribution in [0.2, 0.25) is 0 Å². The molecule has 0 aromatic heterocycles. The summed E-state index contributed by atoms with van der Waals surface area (Å²) in [6.07, 6.45) is -0.399. The van der Waals surface area contributed by atoms with Gasteiger partial charge in [0.05, 0.1) is 19.6 Å². The van der Waals surface area contributed by atoms with Crippen molar-refractivity contribution in [3.05, 3.63) is 0 Å². The number of imide groups is 1. The van der Waals surface area contributed by atoms with Crippen LogP contribution >= 0.6 is 0 Å². The fraction of sp³-hybridized carbons (Fsp3) is 0.706.